The monoisotopic (exact) mass is 753 g/mol. The molecular formula is C55H35N3O. The number of aromatic nitrogens is 3. The van der Waals surface area contributed by atoms with Gasteiger partial charge >= 0.3 is 0 Å². The third-order valence-electron chi connectivity index (χ3n) is 11.1. The highest BCUT2D eigenvalue weighted by molar-refractivity contribution is 6.21. The van der Waals surface area contributed by atoms with Gasteiger partial charge in [0, 0.05) is 38.4 Å². The van der Waals surface area contributed by atoms with E-state index in [1.165, 1.54) is 11.1 Å². The van der Waals surface area contributed by atoms with Gasteiger partial charge < -0.3 is 4.42 Å². The van der Waals surface area contributed by atoms with Crippen LogP contribution in [0, 0.1) is 0 Å². The quantitative estimate of drug-likeness (QED) is 0.163. The summed E-state index contributed by atoms with van der Waals surface area (Å²) in [7, 11) is 0. The molecule has 0 saturated carbocycles. The molecule has 0 saturated heterocycles. The lowest BCUT2D eigenvalue weighted by Crippen LogP contribution is -1.96. The van der Waals surface area contributed by atoms with Crippen LogP contribution in [0.3, 0.4) is 0 Å². The Labute approximate surface area is 341 Å². The number of nitrogens with zero attached hydrogens (tertiary/aromatic N) is 3. The average molecular weight is 754 g/mol. The number of benzene rings is 8. The highest BCUT2D eigenvalue weighted by atomic mass is 16.3. The molecule has 0 atom stereocenters. The first-order valence-corrected chi connectivity index (χ1v) is 19.8. The van der Waals surface area contributed by atoms with Gasteiger partial charge in [-0.3, -0.25) is 0 Å². The van der Waals surface area contributed by atoms with Gasteiger partial charge in [-0.1, -0.05) is 182 Å². The second kappa shape index (κ2) is 14.5. The Morgan fingerprint density at radius 1 is 0.305 bits per heavy atom. The molecule has 0 radical (unpaired) electrons. The van der Waals surface area contributed by atoms with Gasteiger partial charge in [0.15, 0.2) is 11.4 Å². The fourth-order valence-corrected chi connectivity index (χ4v) is 8.12. The van der Waals surface area contributed by atoms with Crippen molar-refractivity contribution in [3.63, 3.8) is 0 Å². The van der Waals surface area contributed by atoms with Crippen molar-refractivity contribution >= 4 is 32.8 Å². The molecule has 0 N–H and O–H groups in total. The van der Waals surface area contributed by atoms with Crippen LogP contribution in [0.15, 0.2) is 217 Å². The van der Waals surface area contributed by atoms with E-state index >= 15 is 0 Å². The van der Waals surface area contributed by atoms with E-state index in [4.69, 9.17) is 19.4 Å². The van der Waals surface area contributed by atoms with E-state index in [2.05, 4.69) is 158 Å². The molecule has 8 aromatic carbocycles. The lowest BCUT2D eigenvalue weighted by Gasteiger charge is -2.12. The number of pyridine rings is 1. The summed E-state index contributed by atoms with van der Waals surface area (Å²) in [6.45, 7) is 0. The summed E-state index contributed by atoms with van der Waals surface area (Å²) >= 11 is 0. The van der Waals surface area contributed by atoms with Crippen LogP contribution in [0.25, 0.3) is 111 Å². The Hall–Kier alpha value is -7.95. The van der Waals surface area contributed by atoms with Crippen LogP contribution in [-0.4, -0.2) is 15.0 Å². The first-order chi connectivity index (χ1) is 29.2. The van der Waals surface area contributed by atoms with Crippen LogP contribution in [0.2, 0.25) is 0 Å². The van der Waals surface area contributed by atoms with Gasteiger partial charge in [-0.25, -0.2) is 15.0 Å². The van der Waals surface area contributed by atoms with E-state index in [1.54, 1.807) is 0 Å². The zero-order chi connectivity index (χ0) is 39.1. The second-order valence-electron chi connectivity index (χ2n) is 14.8. The summed E-state index contributed by atoms with van der Waals surface area (Å²) in [5.74, 6) is 0.680. The highest BCUT2D eigenvalue weighted by Crippen LogP contribution is 2.41. The van der Waals surface area contributed by atoms with E-state index in [1.807, 2.05) is 54.6 Å². The maximum absolute atomic E-state index is 6.47. The first kappa shape index (κ1) is 34.3. The molecular weight excluding hydrogens is 719 g/mol. The van der Waals surface area contributed by atoms with Gasteiger partial charge in [0.1, 0.15) is 11.3 Å². The van der Waals surface area contributed by atoms with Gasteiger partial charge in [0.25, 0.3) is 0 Å². The van der Waals surface area contributed by atoms with Crippen molar-refractivity contribution in [1.82, 2.24) is 15.0 Å². The van der Waals surface area contributed by atoms with Crippen molar-refractivity contribution in [1.29, 1.82) is 0 Å². The fourth-order valence-electron chi connectivity index (χ4n) is 8.12. The Morgan fingerprint density at radius 2 is 0.780 bits per heavy atom. The zero-order valence-corrected chi connectivity index (χ0v) is 32.0. The molecule has 0 aliphatic heterocycles. The number of rotatable bonds is 7. The third-order valence-corrected chi connectivity index (χ3v) is 11.1. The lowest BCUT2D eigenvalue weighted by molar-refractivity contribution is 0.669. The Balaban J connectivity index is 0.980. The van der Waals surface area contributed by atoms with Crippen LogP contribution < -0.4 is 0 Å². The maximum Gasteiger partial charge on any atom is 0.162 e. The first-order valence-electron chi connectivity index (χ1n) is 19.8. The van der Waals surface area contributed by atoms with Crippen LogP contribution in [0.1, 0.15) is 0 Å². The molecule has 0 amide bonds. The Bertz CT molecular complexity index is 3300. The molecule has 0 bridgehead atoms. The fraction of sp³-hybridized carbons (Fsp3) is 0. The van der Waals surface area contributed by atoms with E-state index in [0.29, 0.717) is 5.82 Å². The van der Waals surface area contributed by atoms with Crippen LogP contribution in [-0.2, 0) is 0 Å². The van der Waals surface area contributed by atoms with Crippen LogP contribution in [0.5, 0.6) is 0 Å². The van der Waals surface area contributed by atoms with Crippen molar-refractivity contribution in [2.45, 2.75) is 0 Å². The summed E-state index contributed by atoms with van der Waals surface area (Å²) in [6, 6.07) is 73.9. The smallest absolute Gasteiger partial charge is 0.162 e. The molecule has 3 heterocycles. The van der Waals surface area contributed by atoms with Gasteiger partial charge in [-0.15, -0.1) is 0 Å². The lowest BCUT2D eigenvalue weighted by atomic mass is 9.96. The standard InChI is InChI=1S/C55H35N3O/c1-4-14-36(15-5-1)37-26-28-39(29-27-37)49-35-48(38-16-6-2-7-17-38)57-55(58-49)45-23-13-22-43(33-45)41-20-12-21-42(32-41)44-30-31-46-50(34-44)56-53(40-18-8-3-9-19-40)54-52(46)47-24-10-11-25-51(47)59-54/h1-35H. The Kier molecular flexibility index (Phi) is 8.45. The zero-order valence-electron chi connectivity index (χ0n) is 32.0. The minimum absolute atomic E-state index is 0.680. The minimum Gasteiger partial charge on any atom is -0.454 e. The van der Waals surface area contributed by atoms with E-state index in [0.717, 1.165) is 94.4 Å². The average Bonchev–Trinajstić information content (AvgIpc) is 3.72. The molecule has 11 rings (SSSR count). The SMILES string of the molecule is c1ccc(-c2ccc(-c3cc(-c4ccccc4)nc(-c4cccc(-c5cccc(-c6ccc7c(c6)nc(-c6ccccc6)c6oc8ccccc8c67)c5)c4)n3)cc2)cc1. The summed E-state index contributed by atoms with van der Waals surface area (Å²) < 4.78 is 6.47. The number of para-hydroxylation sites is 1. The number of hydrogen-bond acceptors (Lipinski definition) is 4. The summed E-state index contributed by atoms with van der Waals surface area (Å²) in [6.07, 6.45) is 0. The van der Waals surface area contributed by atoms with Crippen molar-refractivity contribution in [3.05, 3.63) is 212 Å². The topological polar surface area (TPSA) is 51.8 Å². The van der Waals surface area contributed by atoms with Gasteiger partial charge in [-0.05, 0) is 63.7 Å². The van der Waals surface area contributed by atoms with E-state index in [9.17, 15) is 0 Å². The Morgan fingerprint density at radius 3 is 1.46 bits per heavy atom. The molecule has 0 aliphatic carbocycles. The summed E-state index contributed by atoms with van der Waals surface area (Å²) in [5.41, 5.74) is 16.0. The molecule has 3 aromatic heterocycles. The predicted molar refractivity (Wildman–Crippen MR) is 243 cm³/mol. The van der Waals surface area contributed by atoms with Gasteiger partial charge in [0.05, 0.1) is 16.9 Å². The second-order valence-corrected chi connectivity index (χ2v) is 14.8. The highest BCUT2D eigenvalue weighted by Gasteiger charge is 2.18. The molecule has 0 spiro atoms. The maximum atomic E-state index is 6.47. The summed E-state index contributed by atoms with van der Waals surface area (Å²) in [5, 5.41) is 3.25. The minimum atomic E-state index is 0.680. The number of hydrogen-bond donors (Lipinski definition) is 0. The normalized spacial score (nSPS) is 11.4. The van der Waals surface area contributed by atoms with E-state index in [-0.39, 0.29) is 0 Å². The molecule has 0 fully saturated rings. The van der Waals surface area contributed by atoms with Crippen molar-refractivity contribution in [2.75, 3.05) is 0 Å². The van der Waals surface area contributed by atoms with Gasteiger partial charge in [-0.2, -0.15) is 0 Å². The van der Waals surface area contributed by atoms with Crippen molar-refractivity contribution in [2.24, 2.45) is 0 Å². The molecule has 59 heavy (non-hydrogen) atoms. The molecule has 4 heteroatoms. The largest absolute Gasteiger partial charge is 0.454 e. The van der Waals surface area contributed by atoms with Crippen molar-refractivity contribution < 1.29 is 4.42 Å². The molecule has 11 aromatic rings. The van der Waals surface area contributed by atoms with Crippen LogP contribution >= 0.6 is 0 Å². The molecule has 0 unspecified atom stereocenters. The van der Waals surface area contributed by atoms with E-state index < -0.39 is 0 Å². The summed E-state index contributed by atoms with van der Waals surface area (Å²) in [4.78, 5) is 15.6. The van der Waals surface area contributed by atoms with Gasteiger partial charge in [0.2, 0.25) is 0 Å². The number of furan rings is 1. The molecule has 276 valence electrons. The predicted octanol–water partition coefficient (Wildman–Crippen LogP) is 14.6. The molecule has 0 aliphatic rings. The number of fused-ring (bicyclic) bond motifs is 5. The van der Waals surface area contributed by atoms with Crippen molar-refractivity contribution in [3.8, 4) is 78.5 Å². The van der Waals surface area contributed by atoms with Crippen LogP contribution in [0.4, 0.5) is 0 Å². The molecule has 4 nitrogen and oxygen atoms in total. The third kappa shape index (κ3) is 6.43.